The maximum absolute atomic E-state index is 5.58. The molecule has 1 fully saturated rings. The van der Waals surface area contributed by atoms with Crippen molar-refractivity contribution >= 4 is 17.2 Å². The van der Waals surface area contributed by atoms with E-state index in [4.69, 9.17) is 18.0 Å². The highest BCUT2D eigenvalue weighted by molar-refractivity contribution is 7.80. The molecule has 2 nitrogen and oxygen atoms in total. The van der Waals surface area contributed by atoms with Crippen LogP contribution in [0, 0.1) is 5.92 Å². The second kappa shape index (κ2) is 5.15. The minimum absolute atomic E-state index is 0.469. The summed E-state index contributed by atoms with van der Waals surface area (Å²) in [5.41, 5.74) is 7.85. The van der Waals surface area contributed by atoms with E-state index in [2.05, 4.69) is 31.0 Å². The van der Waals surface area contributed by atoms with Gasteiger partial charge >= 0.3 is 0 Å². The Morgan fingerprint density at radius 2 is 2.00 bits per heavy atom. The lowest BCUT2D eigenvalue weighted by Gasteiger charge is -2.24. The zero-order valence-electron chi connectivity index (χ0n) is 10.5. The lowest BCUT2D eigenvalue weighted by atomic mass is 10.1. The molecule has 0 radical (unpaired) electrons. The summed E-state index contributed by atoms with van der Waals surface area (Å²) in [6, 6.07) is 8.93. The molecule has 3 heteroatoms. The molecular weight excluding hydrogens is 228 g/mol. The van der Waals surface area contributed by atoms with Gasteiger partial charge in [0.15, 0.2) is 0 Å². The Balaban J connectivity index is 1.95. The molecule has 2 rings (SSSR count). The summed E-state index contributed by atoms with van der Waals surface area (Å²) in [6.45, 7) is 3.32. The first-order valence-corrected chi connectivity index (χ1v) is 6.57. The average molecular weight is 248 g/mol. The van der Waals surface area contributed by atoms with Gasteiger partial charge < -0.3 is 5.73 Å². The molecule has 1 unspecified atom stereocenters. The quantitative estimate of drug-likeness (QED) is 0.812. The molecule has 17 heavy (non-hydrogen) atoms. The minimum Gasteiger partial charge on any atom is -0.389 e. The molecule has 0 aromatic heterocycles. The summed E-state index contributed by atoms with van der Waals surface area (Å²) in [5.74, 6) is 0.913. The Morgan fingerprint density at radius 3 is 2.47 bits per heavy atom. The molecule has 0 saturated heterocycles. The van der Waals surface area contributed by atoms with Gasteiger partial charge in [-0.05, 0) is 38.3 Å². The van der Waals surface area contributed by atoms with Gasteiger partial charge in [-0.15, -0.1) is 0 Å². The van der Waals surface area contributed by atoms with Crippen molar-refractivity contribution in [2.24, 2.45) is 11.7 Å². The van der Waals surface area contributed by atoms with Crippen LogP contribution < -0.4 is 5.73 Å². The van der Waals surface area contributed by atoms with Crippen LogP contribution in [0.15, 0.2) is 24.3 Å². The molecule has 2 N–H and O–H groups in total. The van der Waals surface area contributed by atoms with Crippen LogP contribution in [0.1, 0.15) is 30.9 Å². The Bertz CT molecular complexity index is 395. The first kappa shape index (κ1) is 12.5. The van der Waals surface area contributed by atoms with Crippen LogP contribution in [0.3, 0.4) is 0 Å². The van der Waals surface area contributed by atoms with Gasteiger partial charge in [0, 0.05) is 18.2 Å². The number of nitrogens with two attached hydrogens (primary N) is 1. The normalized spacial score (nSPS) is 17.1. The smallest absolute Gasteiger partial charge is 0.103 e. The number of rotatable bonds is 5. The minimum atomic E-state index is 0.469. The van der Waals surface area contributed by atoms with E-state index in [1.165, 1.54) is 18.4 Å². The lowest BCUT2D eigenvalue weighted by molar-refractivity contribution is 0.226. The standard InChI is InChI=1S/C14H20N2S/c1-10(12-7-8-12)16(2)9-11-3-5-13(6-4-11)14(15)17/h3-6,10,12H,7-9H2,1-2H3,(H2,15,17). The molecule has 1 saturated carbocycles. The van der Waals surface area contributed by atoms with Crippen LogP contribution in [0.4, 0.5) is 0 Å². The van der Waals surface area contributed by atoms with Crippen molar-refractivity contribution < 1.29 is 0 Å². The summed E-state index contributed by atoms with van der Waals surface area (Å²) in [6.07, 6.45) is 2.79. The third-order valence-corrected chi connectivity index (χ3v) is 3.91. The van der Waals surface area contributed by atoms with E-state index in [9.17, 15) is 0 Å². The fourth-order valence-corrected chi connectivity index (χ4v) is 2.28. The van der Waals surface area contributed by atoms with Gasteiger partial charge in [-0.1, -0.05) is 36.5 Å². The summed E-state index contributed by atoms with van der Waals surface area (Å²) in [5, 5.41) is 0. The highest BCUT2D eigenvalue weighted by Crippen LogP contribution is 2.35. The van der Waals surface area contributed by atoms with Crippen LogP contribution in [0.5, 0.6) is 0 Å². The number of thiocarbonyl (C=S) groups is 1. The summed E-state index contributed by atoms with van der Waals surface area (Å²) in [7, 11) is 2.20. The largest absolute Gasteiger partial charge is 0.389 e. The molecule has 1 atom stereocenters. The highest BCUT2D eigenvalue weighted by atomic mass is 32.1. The number of hydrogen-bond acceptors (Lipinski definition) is 2. The van der Waals surface area contributed by atoms with Crippen LogP contribution in [0.2, 0.25) is 0 Å². The van der Waals surface area contributed by atoms with E-state index in [1.807, 2.05) is 12.1 Å². The summed E-state index contributed by atoms with van der Waals surface area (Å²) in [4.78, 5) is 2.89. The van der Waals surface area contributed by atoms with Crippen LogP contribution in [-0.2, 0) is 6.54 Å². The van der Waals surface area contributed by atoms with Crippen molar-refractivity contribution in [3.63, 3.8) is 0 Å². The molecule has 0 spiro atoms. The Labute approximate surface area is 109 Å². The fraction of sp³-hybridized carbons (Fsp3) is 0.500. The molecule has 0 bridgehead atoms. The maximum atomic E-state index is 5.58. The summed E-state index contributed by atoms with van der Waals surface area (Å²) >= 11 is 4.94. The predicted octanol–water partition coefficient (Wildman–Crippen LogP) is 2.55. The monoisotopic (exact) mass is 248 g/mol. The number of nitrogens with zero attached hydrogens (tertiary/aromatic N) is 1. The van der Waals surface area contributed by atoms with E-state index < -0.39 is 0 Å². The van der Waals surface area contributed by atoms with Crippen molar-refractivity contribution in [2.45, 2.75) is 32.4 Å². The van der Waals surface area contributed by atoms with E-state index in [0.717, 1.165) is 18.0 Å². The molecule has 1 aliphatic rings. The van der Waals surface area contributed by atoms with Crippen LogP contribution in [-0.4, -0.2) is 23.0 Å². The van der Waals surface area contributed by atoms with Gasteiger partial charge in [-0.25, -0.2) is 0 Å². The van der Waals surface area contributed by atoms with Gasteiger partial charge in [0.1, 0.15) is 4.99 Å². The van der Waals surface area contributed by atoms with E-state index >= 15 is 0 Å². The number of benzene rings is 1. The molecule has 1 aromatic rings. The fourth-order valence-electron chi connectivity index (χ4n) is 2.14. The maximum Gasteiger partial charge on any atom is 0.103 e. The summed E-state index contributed by atoms with van der Waals surface area (Å²) < 4.78 is 0. The zero-order valence-corrected chi connectivity index (χ0v) is 11.3. The third-order valence-electron chi connectivity index (χ3n) is 3.67. The van der Waals surface area contributed by atoms with Gasteiger partial charge in [0.05, 0.1) is 0 Å². The van der Waals surface area contributed by atoms with Crippen LogP contribution >= 0.6 is 12.2 Å². The van der Waals surface area contributed by atoms with Crippen molar-refractivity contribution in [3.8, 4) is 0 Å². The van der Waals surface area contributed by atoms with Crippen molar-refractivity contribution in [2.75, 3.05) is 7.05 Å². The van der Waals surface area contributed by atoms with Crippen molar-refractivity contribution in [3.05, 3.63) is 35.4 Å². The molecular formula is C14H20N2S. The predicted molar refractivity (Wildman–Crippen MR) is 76.0 cm³/mol. The Morgan fingerprint density at radius 1 is 1.41 bits per heavy atom. The second-order valence-electron chi connectivity index (χ2n) is 5.05. The molecule has 92 valence electrons. The van der Waals surface area contributed by atoms with E-state index in [-0.39, 0.29) is 0 Å². The molecule has 0 amide bonds. The zero-order chi connectivity index (χ0) is 12.4. The van der Waals surface area contributed by atoms with Crippen molar-refractivity contribution in [1.82, 2.24) is 4.90 Å². The number of hydrogen-bond donors (Lipinski definition) is 1. The van der Waals surface area contributed by atoms with Gasteiger partial charge in [0.2, 0.25) is 0 Å². The topological polar surface area (TPSA) is 29.3 Å². The molecule has 0 heterocycles. The third kappa shape index (κ3) is 3.27. The van der Waals surface area contributed by atoms with Crippen LogP contribution in [0.25, 0.3) is 0 Å². The van der Waals surface area contributed by atoms with Gasteiger partial charge in [0.25, 0.3) is 0 Å². The molecule has 0 aliphatic heterocycles. The van der Waals surface area contributed by atoms with Gasteiger partial charge in [-0.3, -0.25) is 4.90 Å². The van der Waals surface area contributed by atoms with Crippen molar-refractivity contribution in [1.29, 1.82) is 0 Å². The van der Waals surface area contributed by atoms with E-state index in [0.29, 0.717) is 11.0 Å². The Hall–Kier alpha value is -0.930. The van der Waals surface area contributed by atoms with Gasteiger partial charge in [-0.2, -0.15) is 0 Å². The average Bonchev–Trinajstić information content (AvgIpc) is 3.12. The lowest BCUT2D eigenvalue weighted by Crippen LogP contribution is -2.30. The molecule has 1 aliphatic carbocycles. The highest BCUT2D eigenvalue weighted by Gasteiger charge is 2.30. The first-order chi connectivity index (χ1) is 8.08. The Kier molecular flexibility index (Phi) is 3.79. The van der Waals surface area contributed by atoms with E-state index in [1.54, 1.807) is 0 Å². The SMILES string of the molecule is CC(C1CC1)N(C)Cc1ccc(C(N)=S)cc1. The molecule has 1 aromatic carbocycles. The first-order valence-electron chi connectivity index (χ1n) is 6.17. The second-order valence-corrected chi connectivity index (χ2v) is 5.49.